The number of benzene rings is 4. The van der Waals surface area contributed by atoms with Crippen molar-refractivity contribution in [2.45, 2.75) is 114 Å². The Kier molecular flexibility index (Phi) is 20.8. The zero-order valence-electron chi connectivity index (χ0n) is 30.7. The molecule has 0 saturated heterocycles. The average Bonchev–Trinajstić information content (AvgIpc) is 3.09. The van der Waals surface area contributed by atoms with Gasteiger partial charge in [-0.2, -0.15) is 8.42 Å². The van der Waals surface area contributed by atoms with Crippen LogP contribution in [0.15, 0.2) is 94.7 Å². The van der Waals surface area contributed by atoms with Crippen molar-refractivity contribution in [1.29, 1.82) is 0 Å². The molecule has 0 aliphatic carbocycles. The van der Waals surface area contributed by atoms with E-state index in [-0.39, 0.29) is 59.0 Å². The number of ether oxygens (including phenoxy) is 2. The molecule has 0 atom stereocenters. The Balaban J connectivity index is 0.000000360. The van der Waals surface area contributed by atoms with Gasteiger partial charge in [-0.05, 0) is 98.0 Å². The van der Waals surface area contributed by atoms with E-state index in [4.69, 9.17) is 14.0 Å². The standard InChI is InChI=1S/2C20H26O5S.Ca/c2*1-2-3-4-5-6-7-8-16-9-10-18(15-20(16)21)25-17-11-13-19(14-12-17)26(22,23)24;/h2*9-15,21H,2-8H2,1H3,(H,22,23,24);/q;;+2/p-2. The van der Waals surface area contributed by atoms with Crippen LogP contribution >= 0.6 is 0 Å². The van der Waals surface area contributed by atoms with Crippen LogP contribution in [0.2, 0.25) is 0 Å². The maximum Gasteiger partial charge on any atom is 2.00 e. The summed E-state index contributed by atoms with van der Waals surface area (Å²) >= 11 is 0. The Labute approximate surface area is 345 Å². The van der Waals surface area contributed by atoms with E-state index in [9.17, 15) is 31.6 Å². The van der Waals surface area contributed by atoms with Crippen LogP contribution in [0.25, 0.3) is 0 Å². The number of rotatable bonds is 20. The first kappa shape index (κ1) is 46.3. The minimum Gasteiger partial charge on any atom is -0.872 e. The van der Waals surface area contributed by atoms with Crippen LogP contribution < -0.4 is 14.6 Å². The Hall–Kier alpha value is -2.84. The number of aryl methyl sites for hydroxylation is 2. The molecule has 0 heterocycles. The van der Waals surface area contributed by atoms with Gasteiger partial charge < -0.3 is 24.2 Å². The van der Waals surface area contributed by atoms with E-state index in [0.29, 0.717) is 23.0 Å². The molecule has 0 fully saturated rings. The number of phenols is 1. The Morgan fingerprint density at radius 3 is 1.38 bits per heavy atom. The number of aromatic hydroxyl groups is 1. The van der Waals surface area contributed by atoms with Crippen LogP contribution in [-0.4, -0.2) is 68.8 Å². The van der Waals surface area contributed by atoms with Gasteiger partial charge in [0.2, 0.25) is 0 Å². The quantitative estimate of drug-likeness (QED) is 0.0499. The fourth-order valence-electron chi connectivity index (χ4n) is 5.44. The Morgan fingerprint density at radius 2 is 0.943 bits per heavy atom. The molecular weight excluding hydrogens is 745 g/mol. The van der Waals surface area contributed by atoms with Gasteiger partial charge in [0.1, 0.15) is 38.9 Å². The minimum atomic E-state index is -4.48. The van der Waals surface area contributed by atoms with Crippen molar-refractivity contribution >= 4 is 58.0 Å². The van der Waals surface area contributed by atoms with Crippen molar-refractivity contribution < 1.29 is 45.6 Å². The normalized spacial score (nSPS) is 11.2. The summed E-state index contributed by atoms with van der Waals surface area (Å²) in [7, 11) is -8.69. The number of hydrogen-bond acceptors (Lipinski definition) is 9. The largest absolute Gasteiger partial charge is 2.00 e. The molecule has 0 bridgehead atoms. The van der Waals surface area contributed by atoms with Gasteiger partial charge in [-0.25, -0.2) is 8.42 Å². The molecule has 2 N–H and O–H groups in total. The number of phenolic OH excluding ortho intramolecular Hbond substituents is 1. The third kappa shape index (κ3) is 17.4. The SMILES string of the molecule is CCCCCCCCc1ccc(Oc2ccc(S(=O)(=O)O)cc2)cc1O.CCCCCCCCc1ccc(Oc2ccc(S(=O)(=O)[O-])cc2)cc1[O-].[Ca+2]. The van der Waals surface area contributed by atoms with Crippen LogP contribution in [0.4, 0.5) is 0 Å². The van der Waals surface area contributed by atoms with E-state index in [1.807, 2.05) is 6.07 Å². The summed E-state index contributed by atoms with van der Waals surface area (Å²) in [6, 6.07) is 20.7. The molecule has 4 aromatic carbocycles. The average molecular weight is 795 g/mol. The molecule has 0 aliphatic rings. The van der Waals surface area contributed by atoms with Crippen molar-refractivity contribution in [1.82, 2.24) is 0 Å². The summed E-state index contributed by atoms with van der Waals surface area (Å²) in [5.74, 6) is 1.77. The maximum atomic E-state index is 12.2. The summed E-state index contributed by atoms with van der Waals surface area (Å²) < 4.78 is 74.9. The fraction of sp³-hybridized carbons (Fsp3) is 0.400. The van der Waals surface area contributed by atoms with Gasteiger partial charge in [-0.1, -0.05) is 95.8 Å². The minimum absolute atomic E-state index is 0. The van der Waals surface area contributed by atoms with Crippen LogP contribution in [0.5, 0.6) is 34.5 Å². The first-order valence-corrected chi connectivity index (χ1v) is 20.8. The van der Waals surface area contributed by atoms with Gasteiger partial charge in [-0.3, -0.25) is 4.55 Å². The van der Waals surface area contributed by atoms with Crippen molar-refractivity contribution in [2.75, 3.05) is 0 Å². The van der Waals surface area contributed by atoms with E-state index in [0.717, 1.165) is 49.7 Å². The van der Waals surface area contributed by atoms with Crippen LogP contribution in [0, 0.1) is 0 Å². The van der Waals surface area contributed by atoms with E-state index in [1.165, 1.54) is 106 Å². The van der Waals surface area contributed by atoms with Gasteiger partial charge in [-0.15, -0.1) is 5.75 Å². The van der Waals surface area contributed by atoms with Gasteiger partial charge >= 0.3 is 37.7 Å². The molecule has 0 amide bonds. The number of hydrogen-bond donors (Lipinski definition) is 2. The summed E-state index contributed by atoms with van der Waals surface area (Å²) in [5.41, 5.74) is 1.68. The topological polar surface area (TPSA) is 173 Å². The van der Waals surface area contributed by atoms with Crippen molar-refractivity contribution in [3.05, 3.63) is 96.1 Å². The second kappa shape index (κ2) is 23.8. The predicted molar refractivity (Wildman–Crippen MR) is 205 cm³/mol. The first-order chi connectivity index (χ1) is 24.8. The zero-order chi connectivity index (χ0) is 38.0. The monoisotopic (exact) mass is 794 g/mol. The van der Waals surface area contributed by atoms with Gasteiger partial charge in [0, 0.05) is 6.07 Å². The molecule has 0 spiro atoms. The van der Waals surface area contributed by atoms with Crippen LogP contribution in [0.1, 0.15) is 102 Å². The molecule has 4 rings (SSSR count). The molecule has 0 saturated carbocycles. The third-order valence-corrected chi connectivity index (χ3v) is 10.1. The fourth-order valence-corrected chi connectivity index (χ4v) is 6.39. The molecule has 10 nitrogen and oxygen atoms in total. The summed E-state index contributed by atoms with van der Waals surface area (Å²) in [4.78, 5) is -0.509. The molecule has 0 aromatic heterocycles. The molecule has 4 aromatic rings. The Bertz CT molecular complexity index is 1740. The molecular formula is C40H50CaO10S2. The van der Waals surface area contributed by atoms with Gasteiger partial charge in [0.25, 0.3) is 10.1 Å². The van der Waals surface area contributed by atoms with E-state index < -0.39 is 20.2 Å². The van der Waals surface area contributed by atoms with Gasteiger partial charge in [0.05, 0.1) is 9.79 Å². The van der Waals surface area contributed by atoms with E-state index in [1.54, 1.807) is 24.3 Å². The smallest absolute Gasteiger partial charge is 0.872 e. The van der Waals surface area contributed by atoms with Crippen molar-refractivity contribution in [3.63, 3.8) is 0 Å². The summed E-state index contributed by atoms with van der Waals surface area (Å²) in [5, 5.41) is 22.3. The molecule has 0 unspecified atom stereocenters. The van der Waals surface area contributed by atoms with Crippen LogP contribution in [0.3, 0.4) is 0 Å². The zero-order valence-corrected chi connectivity index (χ0v) is 34.5. The van der Waals surface area contributed by atoms with Crippen molar-refractivity contribution in [2.24, 2.45) is 0 Å². The summed E-state index contributed by atoms with van der Waals surface area (Å²) in [6.45, 7) is 4.39. The second-order valence-corrected chi connectivity index (χ2v) is 15.5. The first-order valence-electron chi connectivity index (χ1n) is 17.9. The summed E-state index contributed by atoms with van der Waals surface area (Å²) in [6.07, 6.45) is 15.9. The molecule has 53 heavy (non-hydrogen) atoms. The number of unbranched alkanes of at least 4 members (excludes halogenated alkanes) is 10. The van der Waals surface area contributed by atoms with Crippen LogP contribution in [-0.2, 0) is 33.1 Å². The second-order valence-electron chi connectivity index (χ2n) is 12.7. The molecule has 13 heteroatoms. The molecule has 0 radical (unpaired) electrons. The molecule has 0 aliphatic heterocycles. The Morgan fingerprint density at radius 1 is 0.547 bits per heavy atom. The third-order valence-electron chi connectivity index (χ3n) is 8.40. The maximum absolute atomic E-state index is 12.2. The van der Waals surface area contributed by atoms with Gasteiger partial charge in [0.15, 0.2) is 0 Å². The predicted octanol–water partition coefficient (Wildman–Crippen LogP) is 9.31. The molecule has 284 valence electrons. The van der Waals surface area contributed by atoms with Crippen molar-refractivity contribution in [3.8, 4) is 34.5 Å². The van der Waals surface area contributed by atoms with E-state index in [2.05, 4.69) is 13.8 Å². The van der Waals surface area contributed by atoms with E-state index >= 15 is 0 Å².